The molecule has 0 atom stereocenters. The van der Waals surface area contributed by atoms with Crippen LogP contribution < -0.4 is 0 Å². The van der Waals surface area contributed by atoms with Gasteiger partial charge in [-0.05, 0) is 0 Å². The smallest absolute Gasteiger partial charge is 0.784 e. The Hall–Kier alpha value is 0.556. The molecule has 0 aliphatic carbocycles. The van der Waals surface area contributed by atoms with Gasteiger partial charge < -0.3 is 47.4 Å². The number of hydrogen-bond acceptors (Lipinski definition) is 3. The van der Waals surface area contributed by atoms with E-state index in [4.69, 9.17) is 13.3 Å². The second-order valence-corrected chi connectivity index (χ2v) is 0.612. The van der Waals surface area contributed by atoms with Gasteiger partial charge in [0.1, 0.15) is 0 Å². The molecule has 0 heterocycles. The van der Waals surface area contributed by atoms with E-state index >= 15 is 0 Å². The molecule has 0 rings (SSSR count). The second kappa shape index (κ2) is 102. The van der Waals surface area contributed by atoms with E-state index in [2.05, 4.69) is 0 Å². The van der Waals surface area contributed by atoms with E-state index < -0.39 is 11.4 Å². The van der Waals surface area contributed by atoms with Gasteiger partial charge >= 0.3 is 23.1 Å². The number of hydrogen-bond donors (Lipinski definition) is 0. The van der Waals surface area contributed by atoms with Gasteiger partial charge in [0.25, 0.3) is 0 Å². The Bertz CT molecular complexity index is 32.8. The molecule has 0 saturated heterocycles. The molecule has 0 saturated carbocycles. The number of rotatable bonds is 0. The van der Waals surface area contributed by atoms with Crippen LogP contribution in [0.4, 0.5) is 0 Å². The summed E-state index contributed by atoms with van der Waals surface area (Å²) < 4.78 is 25.3. The molecule has 0 aromatic heterocycles. The van der Waals surface area contributed by atoms with Crippen molar-refractivity contribution < 1.29 is 51.6 Å². The van der Waals surface area contributed by atoms with Crippen molar-refractivity contribution >= 4 is 34.4 Å². The first-order valence-corrected chi connectivity index (χ1v) is 1.50. The Labute approximate surface area is 86.4 Å². The Morgan fingerprint density at radius 2 is 0.667 bits per heavy atom. The van der Waals surface area contributed by atoms with Crippen LogP contribution in [0.2, 0.25) is 0 Å². The molecule has 12 heteroatoms. The van der Waals surface area contributed by atoms with Gasteiger partial charge in [-0.25, -0.2) is 0 Å². The van der Waals surface area contributed by atoms with Crippen LogP contribution in [0.3, 0.4) is 0 Å². The van der Waals surface area contributed by atoms with Crippen LogP contribution in [0.1, 0.15) is 0 Å². The van der Waals surface area contributed by atoms with Crippen LogP contribution >= 0.6 is 0 Å². The van der Waals surface area contributed by atoms with Crippen molar-refractivity contribution in [3.8, 4) is 0 Å². The minimum absolute atomic E-state index is 0. The topological polar surface area (TPSA) is 284 Å². The van der Waals surface area contributed by atoms with Gasteiger partial charge in [-0.2, -0.15) is 0 Å². The third-order valence-electron chi connectivity index (χ3n) is 0. The third-order valence-corrected chi connectivity index (χ3v) is 0. The maximum atomic E-state index is 8.44. The maximum absolute atomic E-state index is 8.44. The van der Waals surface area contributed by atoms with Gasteiger partial charge in [0.05, 0.1) is 0 Å². The van der Waals surface area contributed by atoms with Crippen molar-refractivity contribution in [1.82, 2.24) is 0 Å². The Kier molecular flexibility index (Phi) is 1130. The van der Waals surface area contributed by atoms with Crippen molar-refractivity contribution in [2.75, 3.05) is 0 Å². The summed E-state index contributed by atoms with van der Waals surface area (Å²) in [6.07, 6.45) is 0. The van der Waals surface area contributed by atoms with E-state index in [0.29, 0.717) is 0 Å². The quantitative estimate of drug-likeness (QED) is 0.289. The molecular weight excluding hydrogens is 216 g/mol. The molecule has 12 heavy (non-hydrogen) atoms. The van der Waals surface area contributed by atoms with Crippen LogP contribution in [0.25, 0.3) is 0 Å². The molecule has 0 spiro atoms. The summed E-state index contributed by atoms with van der Waals surface area (Å²) in [5.74, 6) is 0. The van der Waals surface area contributed by atoms with Crippen molar-refractivity contribution in [2.24, 2.45) is 0 Å². The minimum Gasteiger partial charge on any atom is -0.784 e. The third kappa shape index (κ3) is 3120. The zero-order valence-corrected chi connectivity index (χ0v) is 8.07. The van der Waals surface area contributed by atoms with Gasteiger partial charge in [-0.15, -0.1) is 11.4 Å². The van der Waals surface area contributed by atoms with Crippen LogP contribution in [-0.4, -0.2) is 74.7 Å². The molecule has 0 aliphatic rings. The van der Waals surface area contributed by atoms with Crippen LogP contribution in [0, 0.1) is 0 Å². The van der Waals surface area contributed by atoms with E-state index in [1.807, 2.05) is 0 Å². The summed E-state index contributed by atoms with van der Waals surface area (Å²) in [6, 6.07) is 0. The summed E-state index contributed by atoms with van der Waals surface area (Å²) >= 11 is -3.11. The fraction of sp³-hybridized carbons (Fsp3) is 0. The van der Waals surface area contributed by atoms with E-state index in [-0.39, 0.29) is 61.4 Å². The van der Waals surface area contributed by atoms with Crippen LogP contribution in [-0.2, 0) is 11.4 Å². The Balaban J connectivity index is -0.00000000161. The van der Waals surface area contributed by atoms with Crippen molar-refractivity contribution in [1.29, 1.82) is 0 Å². The summed E-state index contributed by atoms with van der Waals surface area (Å²) in [7, 11) is 0. The first-order chi connectivity index (χ1) is 1.73. The predicted octanol–water partition coefficient (Wildman–Crippen LogP) is -7.16. The van der Waals surface area contributed by atoms with Crippen LogP contribution in [0.15, 0.2) is 0 Å². The molecule has 0 radical (unpaired) electrons. The molecule has 0 aromatic carbocycles. The summed E-state index contributed by atoms with van der Waals surface area (Å²) in [5.41, 5.74) is 0. The molecule has 0 unspecified atom stereocenters. The molecular formula is H14MgO10S. The fourth-order valence-electron chi connectivity index (χ4n) is 0. The molecule has 0 bridgehead atoms. The van der Waals surface area contributed by atoms with Gasteiger partial charge in [-0.1, -0.05) is 0 Å². The van der Waals surface area contributed by atoms with Gasteiger partial charge in [0.15, 0.2) is 0 Å². The monoisotopic (exact) mass is 230 g/mol. The second-order valence-electron chi connectivity index (χ2n) is 0.204. The molecule has 0 amide bonds. The maximum Gasteiger partial charge on any atom is 2.00 e. The van der Waals surface area contributed by atoms with E-state index in [1.54, 1.807) is 0 Å². The van der Waals surface area contributed by atoms with E-state index in [1.165, 1.54) is 0 Å². The van der Waals surface area contributed by atoms with Crippen molar-refractivity contribution in [3.05, 3.63) is 0 Å². The molecule has 0 fully saturated rings. The summed E-state index contributed by atoms with van der Waals surface area (Å²) in [6.45, 7) is 0. The standard InChI is InChI=1S/Mg.H2O3S.7H2O/c;1-4(2)3;;;;;;;/h;(H2,1,2,3);7*1H2/q+2;;;;;;;;/p-2. The predicted molar refractivity (Wildman–Crippen MR) is 40.7 cm³/mol. The molecule has 82 valence electrons. The first-order valence-electron chi connectivity index (χ1n) is 0.500. The zero-order chi connectivity index (χ0) is 3.58. The minimum atomic E-state index is -3.11. The van der Waals surface area contributed by atoms with Crippen LogP contribution in [0.5, 0.6) is 0 Å². The van der Waals surface area contributed by atoms with E-state index in [0.717, 1.165) is 0 Å². The largest absolute Gasteiger partial charge is 2.00 e. The molecule has 10 nitrogen and oxygen atoms in total. The average molecular weight is 230 g/mol. The van der Waals surface area contributed by atoms with Gasteiger partial charge in [-0.3, -0.25) is 4.21 Å². The zero-order valence-electron chi connectivity index (χ0n) is 5.84. The average Bonchev–Trinajstić information content (AvgIpc) is 0.811. The molecule has 0 aromatic rings. The Morgan fingerprint density at radius 3 is 0.667 bits per heavy atom. The van der Waals surface area contributed by atoms with Gasteiger partial charge in [0.2, 0.25) is 0 Å². The van der Waals surface area contributed by atoms with Crippen molar-refractivity contribution in [3.63, 3.8) is 0 Å². The normalized spacial score (nSPS) is 2.92. The SMILES string of the molecule is O.O.O.O.O.O.O.O=S([O-])[O-].[Mg+2]. The first kappa shape index (κ1) is 133. The Morgan fingerprint density at radius 1 is 0.667 bits per heavy atom. The van der Waals surface area contributed by atoms with E-state index in [9.17, 15) is 0 Å². The fourth-order valence-corrected chi connectivity index (χ4v) is 0. The van der Waals surface area contributed by atoms with Gasteiger partial charge in [0, 0.05) is 0 Å². The summed E-state index contributed by atoms with van der Waals surface area (Å²) in [4.78, 5) is 0. The molecule has 0 aliphatic heterocycles. The summed E-state index contributed by atoms with van der Waals surface area (Å²) in [5, 5.41) is 0. The van der Waals surface area contributed by atoms with Crippen molar-refractivity contribution in [2.45, 2.75) is 0 Å². The molecule has 14 N–H and O–H groups in total.